The molecule has 158 valence electrons. The molecule has 8 heteroatoms. The molecule has 31 heavy (non-hydrogen) atoms. The number of ether oxygens (including phenoxy) is 2. The molecule has 0 amide bonds. The third-order valence-corrected chi connectivity index (χ3v) is 4.79. The maximum absolute atomic E-state index is 13.3. The molecule has 0 atom stereocenters. The molecule has 0 aromatic heterocycles. The summed E-state index contributed by atoms with van der Waals surface area (Å²) in [4.78, 5) is 4.66. The number of amidine groups is 1. The van der Waals surface area contributed by atoms with Gasteiger partial charge in [-0.3, -0.25) is 5.43 Å². The molecule has 0 aliphatic carbocycles. The topological polar surface area (TPSA) is 55.2 Å². The summed E-state index contributed by atoms with van der Waals surface area (Å²) in [5, 5.41) is 4.42. The Morgan fingerprint density at radius 3 is 2.19 bits per heavy atom. The summed E-state index contributed by atoms with van der Waals surface area (Å²) in [6.45, 7) is 0. The van der Waals surface area contributed by atoms with Crippen molar-refractivity contribution >= 4 is 17.2 Å². The highest BCUT2D eigenvalue weighted by Gasteiger charge is 2.31. The lowest BCUT2D eigenvalue weighted by atomic mass is 9.98. The lowest BCUT2D eigenvalue weighted by Crippen LogP contribution is -2.19. The van der Waals surface area contributed by atoms with E-state index in [-0.39, 0.29) is 0 Å². The fraction of sp³-hybridized carbons (Fsp3) is 0.130. The van der Waals surface area contributed by atoms with Gasteiger partial charge in [0, 0.05) is 16.7 Å². The van der Waals surface area contributed by atoms with Gasteiger partial charge in [0.25, 0.3) is 0 Å². The molecule has 3 aromatic rings. The predicted octanol–water partition coefficient (Wildman–Crippen LogP) is 5.16. The Balaban J connectivity index is 1.84. The Morgan fingerprint density at radius 2 is 1.52 bits per heavy atom. The third-order valence-electron chi connectivity index (χ3n) is 4.79. The zero-order valence-corrected chi connectivity index (χ0v) is 16.7. The van der Waals surface area contributed by atoms with Crippen molar-refractivity contribution in [1.82, 2.24) is 5.43 Å². The highest BCUT2D eigenvalue weighted by molar-refractivity contribution is 6.18. The first-order valence-electron chi connectivity index (χ1n) is 9.32. The Labute approximate surface area is 176 Å². The second-order valence-corrected chi connectivity index (χ2v) is 6.72. The van der Waals surface area contributed by atoms with Crippen LogP contribution in [0.2, 0.25) is 0 Å². The van der Waals surface area contributed by atoms with Crippen molar-refractivity contribution in [2.24, 2.45) is 10.1 Å². The van der Waals surface area contributed by atoms with Gasteiger partial charge in [-0.2, -0.15) is 18.3 Å². The summed E-state index contributed by atoms with van der Waals surface area (Å²) >= 11 is 0. The Hall–Kier alpha value is -3.81. The van der Waals surface area contributed by atoms with Crippen molar-refractivity contribution in [3.05, 3.63) is 89.0 Å². The number of aliphatic imine (C=N–C) groups is 1. The zero-order chi connectivity index (χ0) is 22.0. The van der Waals surface area contributed by atoms with Gasteiger partial charge in [-0.15, -0.1) is 0 Å². The molecular weight excluding hydrogens is 407 g/mol. The van der Waals surface area contributed by atoms with Crippen molar-refractivity contribution in [3.63, 3.8) is 0 Å². The van der Waals surface area contributed by atoms with Crippen LogP contribution in [-0.4, -0.2) is 25.8 Å². The van der Waals surface area contributed by atoms with Crippen LogP contribution in [0.3, 0.4) is 0 Å². The van der Waals surface area contributed by atoms with E-state index in [2.05, 4.69) is 15.5 Å². The minimum Gasteiger partial charge on any atom is -0.497 e. The summed E-state index contributed by atoms with van der Waals surface area (Å²) in [5.74, 6) is 1.69. The lowest BCUT2D eigenvalue weighted by Gasteiger charge is -2.12. The average Bonchev–Trinajstić information content (AvgIpc) is 2.98. The summed E-state index contributed by atoms with van der Waals surface area (Å²) in [5.41, 5.74) is 4.63. The smallest absolute Gasteiger partial charge is 0.416 e. The van der Waals surface area contributed by atoms with Crippen molar-refractivity contribution in [1.29, 1.82) is 0 Å². The Kier molecular flexibility index (Phi) is 5.37. The number of rotatable bonds is 4. The van der Waals surface area contributed by atoms with Crippen molar-refractivity contribution in [2.75, 3.05) is 14.2 Å². The fourth-order valence-corrected chi connectivity index (χ4v) is 3.18. The van der Waals surface area contributed by atoms with Crippen LogP contribution in [0.1, 0.15) is 22.3 Å². The third kappa shape index (κ3) is 4.23. The monoisotopic (exact) mass is 425 g/mol. The first-order valence-corrected chi connectivity index (χ1v) is 9.32. The van der Waals surface area contributed by atoms with Crippen LogP contribution in [0, 0.1) is 0 Å². The van der Waals surface area contributed by atoms with E-state index in [1.54, 1.807) is 43.5 Å². The van der Waals surface area contributed by atoms with Crippen molar-refractivity contribution in [3.8, 4) is 11.5 Å². The normalized spacial score (nSPS) is 13.3. The second kappa shape index (κ2) is 8.14. The molecule has 0 unspecified atom stereocenters. The molecule has 5 nitrogen and oxygen atoms in total. The van der Waals surface area contributed by atoms with Crippen LogP contribution in [0.25, 0.3) is 0 Å². The number of nitrogens with one attached hydrogen (secondary N) is 1. The summed E-state index contributed by atoms with van der Waals surface area (Å²) in [6.07, 6.45) is -4.46. The quantitative estimate of drug-likeness (QED) is 0.629. The van der Waals surface area contributed by atoms with Crippen LogP contribution in [0.15, 0.2) is 76.8 Å². The number of halogens is 3. The van der Waals surface area contributed by atoms with Gasteiger partial charge in [0.15, 0.2) is 5.84 Å². The van der Waals surface area contributed by atoms with Gasteiger partial charge in [-0.25, -0.2) is 4.99 Å². The minimum absolute atomic E-state index is 0.308. The summed E-state index contributed by atoms with van der Waals surface area (Å²) in [6, 6.07) is 17.4. The molecule has 0 spiro atoms. The van der Waals surface area contributed by atoms with Crippen molar-refractivity contribution in [2.45, 2.75) is 6.18 Å². The van der Waals surface area contributed by atoms with Crippen LogP contribution < -0.4 is 14.9 Å². The van der Waals surface area contributed by atoms with E-state index >= 15 is 0 Å². The predicted molar refractivity (Wildman–Crippen MR) is 112 cm³/mol. The SMILES string of the molecule is COc1ccc(C2=Nc3ccc(OC)cc3C(c3cccc(C(F)(F)F)c3)=NN2)cc1. The van der Waals surface area contributed by atoms with E-state index < -0.39 is 11.7 Å². The molecule has 0 saturated carbocycles. The summed E-state index contributed by atoms with van der Waals surface area (Å²) < 4.78 is 50.3. The van der Waals surface area contributed by atoms with Crippen LogP contribution >= 0.6 is 0 Å². The highest BCUT2D eigenvalue weighted by Crippen LogP contribution is 2.33. The van der Waals surface area contributed by atoms with Crippen molar-refractivity contribution < 1.29 is 22.6 Å². The number of fused-ring (bicyclic) bond motifs is 1. The first-order chi connectivity index (χ1) is 14.9. The van der Waals surface area contributed by atoms with E-state index in [1.165, 1.54) is 13.2 Å². The second-order valence-electron chi connectivity index (χ2n) is 6.72. The maximum Gasteiger partial charge on any atom is 0.416 e. The van der Waals surface area contributed by atoms with E-state index in [0.717, 1.165) is 17.7 Å². The van der Waals surface area contributed by atoms with Crippen LogP contribution in [-0.2, 0) is 6.18 Å². The molecule has 0 bridgehead atoms. The molecule has 0 radical (unpaired) electrons. The molecule has 0 saturated heterocycles. The number of hydrogen-bond donors (Lipinski definition) is 1. The molecular formula is C23H18F3N3O2. The number of benzene rings is 3. The number of nitrogens with zero attached hydrogens (tertiary/aromatic N) is 2. The molecule has 0 fully saturated rings. The molecule has 4 rings (SSSR count). The van der Waals surface area contributed by atoms with Gasteiger partial charge >= 0.3 is 6.18 Å². The van der Waals surface area contributed by atoms with E-state index in [9.17, 15) is 13.2 Å². The number of alkyl halides is 3. The largest absolute Gasteiger partial charge is 0.497 e. The maximum atomic E-state index is 13.3. The van der Waals surface area contributed by atoms with E-state index in [0.29, 0.717) is 39.9 Å². The fourth-order valence-electron chi connectivity index (χ4n) is 3.18. The molecule has 1 aliphatic heterocycles. The van der Waals surface area contributed by atoms with Gasteiger partial charge in [0.05, 0.1) is 25.5 Å². The number of hydrazone groups is 1. The van der Waals surface area contributed by atoms with Crippen LogP contribution in [0.5, 0.6) is 11.5 Å². The number of methoxy groups -OCH3 is 2. The highest BCUT2D eigenvalue weighted by atomic mass is 19.4. The standard InChI is InChI=1S/C23H18F3N3O2/c1-30-17-8-6-14(7-9-17)22-27-20-11-10-18(31-2)13-19(20)21(28-29-22)15-4-3-5-16(12-15)23(24,25)26/h3-13H,1-2H3,(H,27,29). The van der Waals surface area contributed by atoms with E-state index in [1.807, 2.05) is 12.1 Å². The Morgan fingerprint density at radius 1 is 0.806 bits per heavy atom. The average molecular weight is 425 g/mol. The van der Waals surface area contributed by atoms with Gasteiger partial charge < -0.3 is 9.47 Å². The first kappa shape index (κ1) is 20.5. The minimum atomic E-state index is -4.46. The molecule has 1 aliphatic rings. The number of hydrogen-bond acceptors (Lipinski definition) is 5. The van der Waals surface area contributed by atoms with Gasteiger partial charge in [-0.05, 0) is 54.6 Å². The molecule has 1 heterocycles. The summed E-state index contributed by atoms with van der Waals surface area (Å²) in [7, 11) is 3.09. The van der Waals surface area contributed by atoms with Gasteiger partial charge in [-0.1, -0.05) is 12.1 Å². The molecule has 3 aromatic carbocycles. The van der Waals surface area contributed by atoms with Gasteiger partial charge in [0.1, 0.15) is 17.2 Å². The van der Waals surface area contributed by atoms with E-state index in [4.69, 9.17) is 9.47 Å². The van der Waals surface area contributed by atoms with Gasteiger partial charge in [0.2, 0.25) is 0 Å². The molecule has 1 N–H and O–H groups in total. The lowest BCUT2D eigenvalue weighted by molar-refractivity contribution is -0.137. The Bertz CT molecular complexity index is 1170. The zero-order valence-electron chi connectivity index (χ0n) is 16.7. The van der Waals surface area contributed by atoms with Crippen LogP contribution in [0.4, 0.5) is 18.9 Å².